The molecule has 0 N–H and O–H groups in total. The predicted octanol–water partition coefficient (Wildman–Crippen LogP) is 7.89. The van der Waals surface area contributed by atoms with Crippen molar-refractivity contribution in [2.24, 2.45) is 5.92 Å². The number of hydrogen-bond acceptors (Lipinski definition) is 1. The van der Waals surface area contributed by atoms with E-state index in [1.807, 2.05) is 6.20 Å². The second-order valence-corrected chi connectivity index (χ2v) is 9.01. The van der Waals surface area contributed by atoms with Gasteiger partial charge in [-0.3, -0.25) is 4.98 Å². The van der Waals surface area contributed by atoms with Crippen molar-refractivity contribution >= 4 is 0 Å². The van der Waals surface area contributed by atoms with Gasteiger partial charge in [-0.15, -0.1) is 0 Å². The number of nitrogens with zero attached hydrogens (tertiary/aromatic N) is 1. The Morgan fingerprint density at radius 3 is 2.20 bits per heavy atom. The summed E-state index contributed by atoms with van der Waals surface area (Å²) in [7, 11) is 0. The van der Waals surface area contributed by atoms with Crippen LogP contribution in [0.1, 0.15) is 54.5 Å². The van der Waals surface area contributed by atoms with Crippen molar-refractivity contribution in [3.63, 3.8) is 0 Å². The molecule has 0 radical (unpaired) electrons. The normalized spacial score (nSPS) is 20.3. The molecule has 4 rings (SSSR count). The first-order valence-electron chi connectivity index (χ1n) is 11.2. The van der Waals surface area contributed by atoms with Crippen LogP contribution in [0.5, 0.6) is 0 Å². The van der Waals surface area contributed by atoms with Gasteiger partial charge in [0.25, 0.3) is 0 Å². The first-order valence-corrected chi connectivity index (χ1v) is 11.2. The lowest BCUT2D eigenvalue weighted by Crippen LogP contribution is -2.38. The van der Waals surface area contributed by atoms with Crippen molar-refractivity contribution in [2.75, 3.05) is 0 Å². The smallest absolute Gasteiger partial charge is 0.0737 e. The van der Waals surface area contributed by atoms with Gasteiger partial charge in [0.05, 0.1) is 5.69 Å². The molecule has 0 amide bonds. The van der Waals surface area contributed by atoms with Crippen LogP contribution in [0.15, 0.2) is 60.8 Å². The lowest BCUT2D eigenvalue weighted by atomic mass is 9.59. The van der Waals surface area contributed by atoms with Gasteiger partial charge in [0.1, 0.15) is 0 Å². The zero-order valence-electron chi connectivity index (χ0n) is 19.2. The summed E-state index contributed by atoms with van der Waals surface area (Å²) >= 11 is 0. The molecule has 1 heterocycles. The van der Waals surface area contributed by atoms with E-state index >= 15 is 0 Å². The third-order valence-corrected chi connectivity index (χ3v) is 7.12. The van der Waals surface area contributed by atoms with Crippen molar-refractivity contribution in [1.82, 2.24) is 4.98 Å². The summed E-state index contributed by atoms with van der Waals surface area (Å²) in [5, 5.41) is 0. The summed E-state index contributed by atoms with van der Waals surface area (Å²) in [5.74, 6) is 0.596. The number of aromatic nitrogens is 1. The molecule has 1 aromatic heterocycles. The zero-order valence-corrected chi connectivity index (χ0v) is 19.2. The van der Waals surface area contributed by atoms with Gasteiger partial charge < -0.3 is 0 Å². The average molecular weight is 396 g/mol. The minimum absolute atomic E-state index is 0.114. The van der Waals surface area contributed by atoms with Gasteiger partial charge in [-0.05, 0) is 86.4 Å². The fourth-order valence-corrected chi connectivity index (χ4v) is 5.20. The number of allylic oxidation sites excluding steroid dienone is 2. The van der Waals surface area contributed by atoms with Crippen LogP contribution in [-0.4, -0.2) is 4.98 Å². The van der Waals surface area contributed by atoms with Crippen LogP contribution in [-0.2, 0) is 5.41 Å². The maximum Gasteiger partial charge on any atom is 0.0737 e. The maximum absolute atomic E-state index is 4.87. The van der Waals surface area contributed by atoms with E-state index in [2.05, 4.69) is 96.2 Å². The van der Waals surface area contributed by atoms with Crippen molar-refractivity contribution in [3.8, 4) is 22.4 Å². The zero-order chi connectivity index (χ0) is 21.5. The molecule has 1 nitrogen and oxygen atoms in total. The van der Waals surface area contributed by atoms with Crippen LogP contribution >= 0.6 is 0 Å². The molecule has 2 aromatic carbocycles. The van der Waals surface area contributed by atoms with Crippen LogP contribution in [0, 0.1) is 33.6 Å². The third-order valence-electron chi connectivity index (χ3n) is 7.12. The van der Waals surface area contributed by atoms with Crippen molar-refractivity contribution < 1.29 is 0 Å². The highest BCUT2D eigenvalue weighted by Crippen LogP contribution is 2.50. The van der Waals surface area contributed by atoms with E-state index < -0.39 is 0 Å². The van der Waals surface area contributed by atoms with Crippen LogP contribution in [0.25, 0.3) is 22.4 Å². The highest BCUT2D eigenvalue weighted by molar-refractivity contribution is 5.78. The topological polar surface area (TPSA) is 12.9 Å². The van der Waals surface area contributed by atoms with Gasteiger partial charge in [0, 0.05) is 17.2 Å². The average Bonchev–Trinajstić information content (AvgIpc) is 2.70. The molecule has 1 aliphatic rings. The Kier molecular flexibility index (Phi) is 5.40. The standard InChI is InChI=1S/C29H33N/c1-7-25-11-13-29(25,8-2)27-10-9-23(24-16-19(3)15-20(4)17-24)18-26(27)28-22(6)21(5)12-14-30-28/h9-18,25H,7-8H2,1-6H3. The second kappa shape index (κ2) is 7.87. The Balaban J connectivity index is 1.98. The van der Waals surface area contributed by atoms with Gasteiger partial charge in [-0.25, -0.2) is 0 Å². The molecule has 2 atom stereocenters. The highest BCUT2D eigenvalue weighted by Gasteiger charge is 2.42. The first-order chi connectivity index (χ1) is 14.4. The molecule has 154 valence electrons. The monoisotopic (exact) mass is 395 g/mol. The largest absolute Gasteiger partial charge is 0.256 e. The summed E-state index contributed by atoms with van der Waals surface area (Å²) in [6.45, 7) is 13.4. The Labute approximate surface area is 181 Å². The molecule has 30 heavy (non-hydrogen) atoms. The van der Waals surface area contributed by atoms with Crippen LogP contribution < -0.4 is 0 Å². The number of pyridine rings is 1. The van der Waals surface area contributed by atoms with Crippen LogP contribution in [0.3, 0.4) is 0 Å². The van der Waals surface area contributed by atoms with Gasteiger partial charge in [-0.2, -0.15) is 0 Å². The van der Waals surface area contributed by atoms with E-state index in [-0.39, 0.29) is 5.41 Å². The van der Waals surface area contributed by atoms with E-state index in [0.717, 1.165) is 12.1 Å². The first kappa shape index (κ1) is 20.6. The summed E-state index contributed by atoms with van der Waals surface area (Å²) in [6, 6.07) is 16.0. The van der Waals surface area contributed by atoms with Gasteiger partial charge in [-0.1, -0.05) is 67.5 Å². The summed E-state index contributed by atoms with van der Waals surface area (Å²) in [4.78, 5) is 4.87. The maximum atomic E-state index is 4.87. The molecule has 0 spiro atoms. The van der Waals surface area contributed by atoms with Crippen molar-refractivity contribution in [2.45, 2.75) is 59.8 Å². The lowest BCUT2D eigenvalue weighted by Gasteiger charge is -2.44. The Hall–Kier alpha value is -2.67. The summed E-state index contributed by atoms with van der Waals surface area (Å²) in [5.41, 5.74) is 11.7. The van der Waals surface area contributed by atoms with E-state index in [9.17, 15) is 0 Å². The summed E-state index contributed by atoms with van der Waals surface area (Å²) < 4.78 is 0. The van der Waals surface area contributed by atoms with Crippen LogP contribution in [0.2, 0.25) is 0 Å². The number of hydrogen-bond donors (Lipinski definition) is 0. The molecule has 0 saturated carbocycles. The molecular weight excluding hydrogens is 362 g/mol. The molecule has 3 aromatic rings. The number of benzene rings is 2. The fraction of sp³-hybridized carbons (Fsp3) is 0.345. The van der Waals surface area contributed by atoms with Gasteiger partial charge in [0.15, 0.2) is 0 Å². The van der Waals surface area contributed by atoms with E-state index in [0.29, 0.717) is 5.92 Å². The number of aryl methyl sites for hydroxylation is 3. The summed E-state index contributed by atoms with van der Waals surface area (Å²) in [6.07, 6.45) is 9.06. The highest BCUT2D eigenvalue weighted by atomic mass is 14.7. The van der Waals surface area contributed by atoms with Crippen molar-refractivity contribution in [1.29, 1.82) is 0 Å². The SMILES string of the molecule is CCC1C=CC1(CC)c1ccc(-c2cc(C)cc(C)c2)cc1-c1nccc(C)c1C. The number of rotatable bonds is 5. The molecule has 2 unspecified atom stereocenters. The minimum atomic E-state index is 0.114. The van der Waals surface area contributed by atoms with E-state index in [1.165, 1.54) is 50.9 Å². The Bertz CT molecular complexity index is 1100. The molecule has 0 bridgehead atoms. The Morgan fingerprint density at radius 1 is 0.867 bits per heavy atom. The third kappa shape index (κ3) is 3.31. The molecular formula is C29H33N. The minimum Gasteiger partial charge on any atom is -0.256 e. The lowest BCUT2D eigenvalue weighted by molar-refractivity contribution is 0.329. The molecule has 1 aliphatic carbocycles. The predicted molar refractivity (Wildman–Crippen MR) is 129 cm³/mol. The van der Waals surface area contributed by atoms with Crippen molar-refractivity contribution in [3.05, 3.63) is 88.6 Å². The van der Waals surface area contributed by atoms with Crippen LogP contribution in [0.4, 0.5) is 0 Å². The molecule has 0 aliphatic heterocycles. The second-order valence-electron chi connectivity index (χ2n) is 9.01. The van der Waals surface area contributed by atoms with E-state index in [4.69, 9.17) is 4.98 Å². The van der Waals surface area contributed by atoms with Gasteiger partial charge in [0.2, 0.25) is 0 Å². The Morgan fingerprint density at radius 2 is 1.60 bits per heavy atom. The van der Waals surface area contributed by atoms with Gasteiger partial charge >= 0.3 is 0 Å². The molecule has 0 saturated heterocycles. The van der Waals surface area contributed by atoms with E-state index in [1.54, 1.807) is 0 Å². The quantitative estimate of drug-likeness (QED) is 0.400. The fourth-order valence-electron chi connectivity index (χ4n) is 5.20. The molecule has 1 heteroatoms. The molecule has 0 fully saturated rings.